The highest BCUT2D eigenvalue weighted by Gasteiger charge is 2.18. The lowest BCUT2D eigenvalue weighted by Crippen LogP contribution is -2.34. The van der Waals surface area contributed by atoms with Crippen molar-refractivity contribution >= 4 is 11.6 Å². The van der Waals surface area contributed by atoms with E-state index in [1.54, 1.807) is 0 Å². The smallest absolute Gasteiger partial charge is 0.148 e. The van der Waals surface area contributed by atoms with E-state index >= 15 is 0 Å². The first kappa shape index (κ1) is 17.7. The molecule has 0 spiro atoms. The molecule has 5 heteroatoms. The molecular weight excluding hydrogens is 262 g/mol. The van der Waals surface area contributed by atoms with Crippen molar-refractivity contribution in [2.45, 2.75) is 72.8 Å². The molecule has 0 unspecified atom stereocenters. The normalized spacial score (nSPS) is 11.0. The number of nitrogen functional groups attached to an aromatic ring is 1. The molecule has 0 bridgehead atoms. The second-order valence-corrected chi connectivity index (χ2v) is 5.83. The molecule has 0 atom stereocenters. The van der Waals surface area contributed by atoms with E-state index in [1.807, 2.05) is 6.92 Å². The highest BCUT2D eigenvalue weighted by molar-refractivity contribution is 5.58. The molecule has 5 nitrogen and oxygen atoms in total. The van der Waals surface area contributed by atoms with Crippen molar-refractivity contribution in [3.8, 4) is 0 Å². The standard InChI is InChI=1S/C16H31N5/c1-6-8-9-11-21(12(3)4)16-13(5)15(20-17)18-14(19-16)10-7-2/h12H,6-11,17H2,1-5H3,(H,18,19,20). The first-order valence-electron chi connectivity index (χ1n) is 8.15. The van der Waals surface area contributed by atoms with Gasteiger partial charge in [0.05, 0.1) is 0 Å². The molecule has 0 saturated carbocycles. The van der Waals surface area contributed by atoms with Crippen molar-refractivity contribution < 1.29 is 0 Å². The Hall–Kier alpha value is -1.36. The van der Waals surface area contributed by atoms with Crippen LogP contribution < -0.4 is 16.2 Å². The number of aromatic nitrogens is 2. The second-order valence-electron chi connectivity index (χ2n) is 5.83. The van der Waals surface area contributed by atoms with Gasteiger partial charge >= 0.3 is 0 Å². The van der Waals surface area contributed by atoms with Crippen LogP contribution in [-0.2, 0) is 6.42 Å². The van der Waals surface area contributed by atoms with Crippen molar-refractivity contribution in [1.29, 1.82) is 0 Å². The number of hydrazine groups is 1. The summed E-state index contributed by atoms with van der Waals surface area (Å²) in [5.74, 6) is 8.25. The molecule has 0 fully saturated rings. The summed E-state index contributed by atoms with van der Waals surface area (Å²) >= 11 is 0. The zero-order valence-electron chi connectivity index (χ0n) is 14.2. The number of nitrogens with zero attached hydrogens (tertiary/aromatic N) is 3. The summed E-state index contributed by atoms with van der Waals surface area (Å²) < 4.78 is 0. The lowest BCUT2D eigenvalue weighted by atomic mass is 10.2. The van der Waals surface area contributed by atoms with Gasteiger partial charge in [0.15, 0.2) is 0 Å². The molecule has 0 aliphatic heterocycles. The van der Waals surface area contributed by atoms with Gasteiger partial charge in [-0.1, -0.05) is 26.7 Å². The predicted octanol–water partition coefficient (Wildman–Crippen LogP) is 3.43. The zero-order chi connectivity index (χ0) is 15.8. The SMILES string of the molecule is CCCCCN(c1nc(CCC)nc(NN)c1C)C(C)C. The average molecular weight is 293 g/mol. The van der Waals surface area contributed by atoms with Crippen LogP contribution in [0.15, 0.2) is 0 Å². The molecule has 21 heavy (non-hydrogen) atoms. The van der Waals surface area contributed by atoms with E-state index < -0.39 is 0 Å². The maximum atomic E-state index is 5.62. The Morgan fingerprint density at radius 3 is 2.38 bits per heavy atom. The van der Waals surface area contributed by atoms with E-state index in [4.69, 9.17) is 10.8 Å². The van der Waals surface area contributed by atoms with Crippen molar-refractivity contribution in [2.24, 2.45) is 5.84 Å². The number of nitrogens with two attached hydrogens (primary N) is 1. The number of unbranched alkanes of at least 4 members (excludes halogenated alkanes) is 2. The van der Waals surface area contributed by atoms with Gasteiger partial charge in [0.2, 0.25) is 0 Å². The summed E-state index contributed by atoms with van der Waals surface area (Å²) in [4.78, 5) is 11.7. The third-order valence-corrected chi connectivity index (χ3v) is 3.67. The zero-order valence-corrected chi connectivity index (χ0v) is 14.2. The molecule has 120 valence electrons. The average Bonchev–Trinajstić information content (AvgIpc) is 2.45. The van der Waals surface area contributed by atoms with Crippen LogP contribution in [0.1, 0.15) is 64.8 Å². The van der Waals surface area contributed by atoms with Crippen LogP contribution in [0, 0.1) is 6.92 Å². The molecule has 1 aromatic rings. The fourth-order valence-corrected chi connectivity index (χ4v) is 2.45. The first-order chi connectivity index (χ1) is 10.0. The van der Waals surface area contributed by atoms with Gasteiger partial charge in [-0.15, -0.1) is 0 Å². The quantitative estimate of drug-likeness (QED) is 0.415. The van der Waals surface area contributed by atoms with E-state index in [0.717, 1.165) is 42.4 Å². The highest BCUT2D eigenvalue weighted by atomic mass is 15.3. The number of aryl methyl sites for hydroxylation is 1. The van der Waals surface area contributed by atoms with Crippen LogP contribution >= 0.6 is 0 Å². The molecule has 0 aromatic carbocycles. The highest BCUT2D eigenvalue weighted by Crippen LogP contribution is 2.25. The van der Waals surface area contributed by atoms with Gasteiger partial charge in [0.25, 0.3) is 0 Å². The fraction of sp³-hybridized carbons (Fsp3) is 0.750. The van der Waals surface area contributed by atoms with Crippen molar-refractivity contribution in [2.75, 3.05) is 16.9 Å². The Bertz CT molecular complexity index is 431. The lowest BCUT2D eigenvalue weighted by molar-refractivity contribution is 0.615. The van der Waals surface area contributed by atoms with E-state index in [1.165, 1.54) is 19.3 Å². The van der Waals surface area contributed by atoms with E-state index in [9.17, 15) is 0 Å². The molecule has 3 N–H and O–H groups in total. The van der Waals surface area contributed by atoms with Crippen LogP contribution in [0.5, 0.6) is 0 Å². The maximum absolute atomic E-state index is 5.62. The monoisotopic (exact) mass is 293 g/mol. The Morgan fingerprint density at radius 1 is 1.14 bits per heavy atom. The molecule has 0 radical (unpaired) electrons. The number of rotatable bonds is 9. The van der Waals surface area contributed by atoms with Crippen LogP contribution in [-0.4, -0.2) is 22.6 Å². The minimum absolute atomic E-state index is 0.413. The number of hydrogen-bond donors (Lipinski definition) is 2. The maximum Gasteiger partial charge on any atom is 0.148 e. The number of nitrogens with one attached hydrogen (secondary N) is 1. The van der Waals surface area contributed by atoms with Crippen LogP contribution in [0.3, 0.4) is 0 Å². The third kappa shape index (κ3) is 4.84. The van der Waals surface area contributed by atoms with E-state index in [2.05, 4.69) is 43.0 Å². The minimum Gasteiger partial charge on any atom is -0.354 e. The predicted molar refractivity (Wildman–Crippen MR) is 90.6 cm³/mol. The summed E-state index contributed by atoms with van der Waals surface area (Å²) in [5, 5.41) is 0. The topological polar surface area (TPSA) is 67.1 Å². The Labute approximate surface area is 129 Å². The van der Waals surface area contributed by atoms with Gasteiger partial charge in [-0.05, 0) is 33.6 Å². The molecule has 0 aliphatic carbocycles. The molecule has 0 amide bonds. The van der Waals surface area contributed by atoms with Gasteiger partial charge in [0, 0.05) is 24.6 Å². The molecule has 1 aromatic heterocycles. The second kappa shape index (κ2) is 8.82. The third-order valence-electron chi connectivity index (χ3n) is 3.67. The Kier molecular flexibility index (Phi) is 7.43. The van der Waals surface area contributed by atoms with E-state index in [0.29, 0.717) is 6.04 Å². The Balaban J connectivity index is 3.12. The van der Waals surface area contributed by atoms with Crippen LogP contribution in [0.25, 0.3) is 0 Å². The summed E-state index contributed by atoms with van der Waals surface area (Å²) in [7, 11) is 0. The molecule has 0 saturated heterocycles. The molecular formula is C16H31N5. The van der Waals surface area contributed by atoms with Gasteiger partial charge in [-0.3, -0.25) is 0 Å². The largest absolute Gasteiger partial charge is 0.354 e. The van der Waals surface area contributed by atoms with Gasteiger partial charge in [0.1, 0.15) is 17.5 Å². The van der Waals surface area contributed by atoms with Crippen molar-refractivity contribution in [1.82, 2.24) is 9.97 Å². The van der Waals surface area contributed by atoms with Crippen molar-refractivity contribution in [3.05, 3.63) is 11.4 Å². The van der Waals surface area contributed by atoms with Crippen LogP contribution in [0.4, 0.5) is 11.6 Å². The van der Waals surface area contributed by atoms with Crippen LogP contribution in [0.2, 0.25) is 0 Å². The summed E-state index contributed by atoms with van der Waals surface area (Å²) in [6, 6.07) is 0.413. The molecule has 1 rings (SSSR count). The van der Waals surface area contributed by atoms with E-state index in [-0.39, 0.29) is 0 Å². The molecule has 1 heterocycles. The summed E-state index contributed by atoms with van der Waals surface area (Å²) in [6.07, 6.45) is 5.57. The molecule has 0 aliphatic rings. The summed E-state index contributed by atoms with van der Waals surface area (Å²) in [6.45, 7) is 11.9. The minimum atomic E-state index is 0.413. The van der Waals surface area contributed by atoms with Gasteiger partial charge < -0.3 is 10.3 Å². The first-order valence-corrected chi connectivity index (χ1v) is 8.15. The number of hydrogen-bond acceptors (Lipinski definition) is 5. The fourth-order valence-electron chi connectivity index (χ4n) is 2.45. The van der Waals surface area contributed by atoms with Crippen molar-refractivity contribution in [3.63, 3.8) is 0 Å². The van der Waals surface area contributed by atoms with Gasteiger partial charge in [-0.2, -0.15) is 0 Å². The Morgan fingerprint density at radius 2 is 1.86 bits per heavy atom. The summed E-state index contributed by atoms with van der Waals surface area (Å²) in [5.41, 5.74) is 3.75. The number of anilines is 2. The van der Waals surface area contributed by atoms with Gasteiger partial charge in [-0.25, -0.2) is 15.8 Å². The lowest BCUT2D eigenvalue weighted by Gasteiger charge is -2.30.